The largest absolute Gasteiger partial charge is 0.456 e. The molecule has 0 aliphatic carbocycles. The Bertz CT molecular complexity index is 752. The lowest BCUT2D eigenvalue weighted by molar-refractivity contribution is -0.134. The Morgan fingerprint density at radius 3 is 2.32 bits per heavy atom. The number of carbonyl (C=O) groups is 1. The lowest BCUT2D eigenvalue weighted by Gasteiger charge is -2.09. The molecule has 1 heterocycles. The van der Waals surface area contributed by atoms with Crippen LogP contribution in [0.2, 0.25) is 0 Å². The molecular weight excluding hydrogens is 417 g/mol. The predicted molar refractivity (Wildman–Crippen MR) is 89.7 cm³/mol. The molecule has 0 radical (unpaired) electrons. The lowest BCUT2D eigenvalue weighted by Crippen LogP contribution is -2.03. The van der Waals surface area contributed by atoms with Crippen LogP contribution in [0.4, 0.5) is 10.1 Å². The summed E-state index contributed by atoms with van der Waals surface area (Å²) in [5, 5.41) is 3.20. The van der Waals surface area contributed by atoms with Crippen LogP contribution < -0.4 is 5.32 Å². The maximum atomic E-state index is 13.0. The smallest absolute Gasteiger partial charge is 0.341 e. The summed E-state index contributed by atoms with van der Waals surface area (Å²) in [4.78, 5) is 12.0. The maximum Gasteiger partial charge on any atom is 0.341 e. The van der Waals surface area contributed by atoms with E-state index in [9.17, 15) is 9.18 Å². The minimum Gasteiger partial charge on any atom is -0.456 e. The topological polar surface area (TPSA) is 38.3 Å². The number of hydrogen-bond acceptors (Lipinski definition) is 3. The molecule has 1 aliphatic heterocycles. The predicted octanol–water partition coefficient (Wildman–Crippen LogP) is 4.73. The van der Waals surface area contributed by atoms with Crippen molar-refractivity contribution in [2.45, 2.75) is 0 Å². The molecule has 0 saturated carbocycles. The Hall–Kier alpha value is -1.66. The molecule has 0 saturated heterocycles. The number of anilines is 1. The van der Waals surface area contributed by atoms with Crippen LogP contribution in [-0.2, 0) is 9.53 Å². The zero-order valence-electron chi connectivity index (χ0n) is 11.2. The first-order chi connectivity index (χ1) is 10.5. The van der Waals surface area contributed by atoms with Crippen LogP contribution in [0.3, 0.4) is 0 Å². The molecule has 3 rings (SSSR count). The molecule has 3 nitrogen and oxygen atoms in total. The first-order valence-electron chi connectivity index (χ1n) is 6.42. The van der Waals surface area contributed by atoms with Gasteiger partial charge in [-0.25, -0.2) is 9.18 Å². The highest BCUT2D eigenvalue weighted by Crippen LogP contribution is 2.30. The highest BCUT2D eigenvalue weighted by atomic mass is 79.9. The fourth-order valence-electron chi connectivity index (χ4n) is 2.21. The van der Waals surface area contributed by atoms with E-state index < -0.39 is 5.97 Å². The van der Waals surface area contributed by atoms with Crippen molar-refractivity contribution in [1.29, 1.82) is 0 Å². The molecule has 0 fully saturated rings. The maximum absolute atomic E-state index is 13.0. The van der Waals surface area contributed by atoms with Crippen molar-refractivity contribution in [2.75, 3.05) is 11.9 Å². The van der Waals surface area contributed by atoms with E-state index in [-0.39, 0.29) is 12.4 Å². The number of esters is 1. The van der Waals surface area contributed by atoms with Crippen LogP contribution in [0.5, 0.6) is 0 Å². The van der Waals surface area contributed by atoms with Gasteiger partial charge in [-0.05, 0) is 35.9 Å². The van der Waals surface area contributed by atoms with Crippen molar-refractivity contribution in [2.24, 2.45) is 0 Å². The fourth-order valence-corrected chi connectivity index (χ4v) is 3.51. The van der Waals surface area contributed by atoms with E-state index in [0.717, 1.165) is 14.6 Å². The normalized spacial score (nSPS) is 14.2. The molecular formula is C16H10Br2FNO2. The molecule has 112 valence electrons. The van der Waals surface area contributed by atoms with Gasteiger partial charge in [0.2, 0.25) is 0 Å². The summed E-state index contributed by atoms with van der Waals surface area (Å²) in [6, 6.07) is 11.5. The van der Waals surface area contributed by atoms with Crippen LogP contribution >= 0.6 is 31.9 Å². The van der Waals surface area contributed by atoms with E-state index in [1.807, 2.05) is 18.2 Å². The number of rotatable bonds is 3. The van der Waals surface area contributed by atoms with Gasteiger partial charge in [-0.1, -0.05) is 44.0 Å². The van der Waals surface area contributed by atoms with E-state index in [1.165, 1.54) is 12.1 Å². The molecule has 2 aromatic carbocycles. The van der Waals surface area contributed by atoms with Crippen molar-refractivity contribution in [3.05, 3.63) is 68.5 Å². The highest BCUT2D eigenvalue weighted by Gasteiger charge is 2.26. The monoisotopic (exact) mass is 425 g/mol. The zero-order chi connectivity index (χ0) is 15.7. The number of nitrogens with one attached hydrogen (secondary N) is 1. The fraction of sp³-hybridized carbons (Fsp3) is 0.0625. The van der Waals surface area contributed by atoms with Crippen LogP contribution in [0.1, 0.15) is 5.56 Å². The summed E-state index contributed by atoms with van der Waals surface area (Å²) < 4.78 is 20.0. The highest BCUT2D eigenvalue weighted by molar-refractivity contribution is 9.11. The molecule has 0 atom stereocenters. The third kappa shape index (κ3) is 3.23. The molecule has 22 heavy (non-hydrogen) atoms. The van der Waals surface area contributed by atoms with Gasteiger partial charge < -0.3 is 10.1 Å². The van der Waals surface area contributed by atoms with Crippen LogP contribution in [0, 0.1) is 5.82 Å². The number of carbonyl (C=O) groups excluding carboxylic acids is 1. The molecule has 0 amide bonds. The quantitative estimate of drug-likeness (QED) is 0.721. The second-order valence-corrected chi connectivity index (χ2v) is 6.55. The van der Waals surface area contributed by atoms with Gasteiger partial charge in [0.25, 0.3) is 0 Å². The van der Waals surface area contributed by atoms with Gasteiger partial charge in [-0.15, -0.1) is 0 Å². The van der Waals surface area contributed by atoms with E-state index in [2.05, 4.69) is 37.2 Å². The van der Waals surface area contributed by atoms with E-state index in [0.29, 0.717) is 16.8 Å². The first-order valence-corrected chi connectivity index (χ1v) is 8.01. The molecule has 6 heteroatoms. The number of benzene rings is 2. The minimum atomic E-state index is -0.414. The van der Waals surface area contributed by atoms with E-state index >= 15 is 0 Å². The summed E-state index contributed by atoms with van der Waals surface area (Å²) in [6.07, 6.45) is 0. The van der Waals surface area contributed by atoms with Crippen molar-refractivity contribution in [3.63, 3.8) is 0 Å². The third-order valence-corrected chi connectivity index (χ3v) is 4.06. The number of hydrogen-bond donors (Lipinski definition) is 1. The molecule has 2 aromatic rings. The average Bonchev–Trinajstić information content (AvgIpc) is 2.80. The standard InChI is InChI=1S/C16H10Br2FNO2/c17-10-5-11(18)7-13(6-10)20-14-8-22-16(21)15(14)9-1-3-12(19)4-2-9/h1-7,20H,8H2. The van der Waals surface area contributed by atoms with Gasteiger partial charge in [-0.3, -0.25) is 0 Å². The Morgan fingerprint density at radius 1 is 1.05 bits per heavy atom. The number of cyclic esters (lactones) is 1. The van der Waals surface area contributed by atoms with E-state index in [1.54, 1.807) is 12.1 Å². The van der Waals surface area contributed by atoms with Crippen molar-refractivity contribution in [3.8, 4) is 0 Å². The first kappa shape index (κ1) is 15.2. The van der Waals surface area contributed by atoms with Crippen LogP contribution in [0.25, 0.3) is 5.57 Å². The zero-order valence-corrected chi connectivity index (χ0v) is 14.4. The summed E-state index contributed by atoms with van der Waals surface area (Å²) in [5.41, 5.74) is 2.52. The van der Waals surface area contributed by atoms with Crippen molar-refractivity contribution < 1.29 is 13.9 Å². The summed E-state index contributed by atoms with van der Waals surface area (Å²) in [6.45, 7) is 0.162. The van der Waals surface area contributed by atoms with Gasteiger partial charge in [0.05, 0.1) is 11.3 Å². The van der Waals surface area contributed by atoms with E-state index in [4.69, 9.17) is 4.74 Å². The van der Waals surface area contributed by atoms with Gasteiger partial charge in [0, 0.05) is 14.6 Å². The van der Waals surface area contributed by atoms with Crippen LogP contribution in [-0.4, -0.2) is 12.6 Å². The van der Waals surface area contributed by atoms with Gasteiger partial charge >= 0.3 is 5.97 Å². The Morgan fingerprint density at radius 2 is 1.68 bits per heavy atom. The minimum absolute atomic E-state index is 0.162. The molecule has 0 unspecified atom stereocenters. The SMILES string of the molecule is O=C1OCC(Nc2cc(Br)cc(Br)c2)=C1c1ccc(F)cc1. The van der Waals surface area contributed by atoms with Gasteiger partial charge in [0.15, 0.2) is 0 Å². The Kier molecular flexibility index (Phi) is 4.31. The third-order valence-electron chi connectivity index (χ3n) is 3.14. The molecule has 0 bridgehead atoms. The number of halogens is 3. The molecule has 0 spiro atoms. The summed E-state index contributed by atoms with van der Waals surface area (Å²) in [7, 11) is 0. The molecule has 1 aliphatic rings. The Balaban J connectivity index is 1.98. The molecule has 0 aromatic heterocycles. The van der Waals surface area contributed by atoms with Gasteiger partial charge in [-0.2, -0.15) is 0 Å². The second kappa shape index (κ2) is 6.22. The van der Waals surface area contributed by atoms with Crippen molar-refractivity contribution >= 4 is 49.1 Å². The number of ether oxygens (including phenoxy) is 1. The average molecular weight is 427 g/mol. The molecule has 1 N–H and O–H groups in total. The summed E-state index contributed by atoms with van der Waals surface area (Å²) in [5.74, 6) is -0.760. The summed E-state index contributed by atoms with van der Waals surface area (Å²) >= 11 is 6.83. The van der Waals surface area contributed by atoms with Crippen LogP contribution in [0.15, 0.2) is 57.1 Å². The van der Waals surface area contributed by atoms with Crippen molar-refractivity contribution in [1.82, 2.24) is 0 Å². The second-order valence-electron chi connectivity index (χ2n) is 4.72. The van der Waals surface area contributed by atoms with Gasteiger partial charge in [0.1, 0.15) is 12.4 Å². The lowest BCUT2D eigenvalue weighted by atomic mass is 10.0. The Labute approximate surface area is 143 Å².